The van der Waals surface area contributed by atoms with Crippen molar-refractivity contribution >= 4 is 76.9 Å². The van der Waals surface area contributed by atoms with E-state index >= 15 is 0 Å². The molecule has 0 saturated heterocycles. The zero-order chi connectivity index (χ0) is 61.3. The summed E-state index contributed by atoms with van der Waals surface area (Å²) in [6.45, 7) is 5.50. The molecule has 27 nitrogen and oxygen atoms in total. The number of aliphatic hydroxyl groups excluding tert-OH is 1. The van der Waals surface area contributed by atoms with Gasteiger partial charge in [0.05, 0.1) is 25.7 Å². The van der Waals surface area contributed by atoms with Crippen LogP contribution in [0.3, 0.4) is 0 Å². The number of carboxylic acid groups (broad SMARTS) is 1. The Morgan fingerprint density at radius 1 is 0.549 bits per heavy atom. The van der Waals surface area contributed by atoms with Gasteiger partial charge in [0.2, 0.25) is 53.2 Å². The van der Waals surface area contributed by atoms with Crippen LogP contribution in [-0.4, -0.2) is 174 Å². The van der Waals surface area contributed by atoms with Gasteiger partial charge in [0.25, 0.3) is 0 Å². The number of thioether (sulfide) groups is 1. The minimum Gasteiger partial charge on any atom is -0.508 e. The van der Waals surface area contributed by atoms with Crippen LogP contribution in [-0.2, 0) is 60.8 Å². The van der Waals surface area contributed by atoms with Crippen molar-refractivity contribution in [1.29, 1.82) is 0 Å². The number of carbonyl (C=O) groups excluding carboxylic acids is 9. The van der Waals surface area contributed by atoms with E-state index in [1.165, 1.54) is 23.9 Å². The number of nitrogens with zero attached hydrogens (tertiary/aromatic N) is 1. The van der Waals surface area contributed by atoms with Crippen LogP contribution in [0.2, 0.25) is 0 Å². The summed E-state index contributed by atoms with van der Waals surface area (Å²) in [4.78, 5) is 138. The molecular formula is C54H86N14O13S. The topological polar surface area (TPSA) is 456 Å². The summed E-state index contributed by atoms with van der Waals surface area (Å²) < 4.78 is 0. The van der Waals surface area contributed by atoms with Crippen molar-refractivity contribution in [3.8, 4) is 5.75 Å². The van der Waals surface area contributed by atoms with Gasteiger partial charge in [-0.15, -0.1) is 0 Å². The molecule has 0 heterocycles. The summed E-state index contributed by atoms with van der Waals surface area (Å²) in [6.07, 6.45) is 3.20. The van der Waals surface area contributed by atoms with Crippen LogP contribution < -0.4 is 70.8 Å². The Bertz CT molecular complexity index is 2420. The van der Waals surface area contributed by atoms with Gasteiger partial charge >= 0.3 is 5.97 Å². The molecule has 2 aromatic carbocycles. The predicted molar refractivity (Wildman–Crippen MR) is 309 cm³/mol. The first-order valence-electron chi connectivity index (χ1n) is 27.2. The van der Waals surface area contributed by atoms with E-state index < -0.39 is 127 Å². The van der Waals surface area contributed by atoms with Crippen molar-refractivity contribution in [2.75, 3.05) is 44.8 Å². The molecule has 28 heteroatoms. The van der Waals surface area contributed by atoms with Crippen molar-refractivity contribution in [2.45, 2.75) is 140 Å². The Labute approximate surface area is 482 Å². The number of hydrogen-bond donors (Lipinski definition) is 16. The van der Waals surface area contributed by atoms with Crippen LogP contribution in [0.15, 0.2) is 59.6 Å². The predicted octanol–water partition coefficient (Wildman–Crippen LogP) is -2.76. The number of rotatable bonds is 39. The van der Waals surface area contributed by atoms with Gasteiger partial charge in [-0.3, -0.25) is 48.1 Å². The maximum absolute atomic E-state index is 14.1. The number of aliphatic imine (C=N–C) groups is 1. The number of aliphatic hydroxyl groups is 1. The third kappa shape index (κ3) is 28.2. The Morgan fingerprint density at radius 3 is 1.55 bits per heavy atom. The van der Waals surface area contributed by atoms with Gasteiger partial charge < -0.3 is 86.1 Å². The van der Waals surface area contributed by atoms with Crippen molar-refractivity contribution in [3.63, 3.8) is 0 Å². The summed E-state index contributed by atoms with van der Waals surface area (Å²) in [5, 5.41) is 52.3. The first kappa shape index (κ1) is 70.5. The lowest BCUT2D eigenvalue weighted by molar-refractivity contribution is -0.142. The number of nitrogens with one attached hydrogen (secondary N) is 9. The second-order valence-electron chi connectivity index (χ2n) is 20.4. The molecule has 2 rings (SSSR count). The maximum atomic E-state index is 14.1. The number of guanidine groups is 1. The Hall–Kier alpha value is -7.56. The van der Waals surface area contributed by atoms with Gasteiger partial charge in [0.1, 0.15) is 48.0 Å². The smallest absolute Gasteiger partial charge is 0.326 e. The fraction of sp³-hybridized carbons (Fsp3) is 0.574. The Kier molecular flexibility index (Phi) is 32.9. The summed E-state index contributed by atoms with van der Waals surface area (Å²) in [6, 6.07) is 4.41. The Morgan fingerprint density at radius 2 is 1.01 bits per heavy atom. The standard InChI is InChI=1S/C54H86N14O13S/c1-31(2)24-40(48(75)61-29-45(72)63-39(53(80)81)15-11-22-59-54(57)58)65-50(77)41(25-32(3)4)66-49(76)38(20-23-82-5)62-44(71)28-60-47(74)37(14-9-10-21-55)64-51(78)42(27-33-12-7-6-8-13-33)67-52(79)43(30-69)68-46(73)36(56)26-34-16-18-35(70)19-17-34/h6-8,12-13,16-19,31-32,36-43,69-70H,9-11,14-15,20-30,55-56H2,1-5H3,(H,60,74)(H,61,75)(H,62,71)(H,63,72)(H,64,78)(H,65,77)(H,66,76)(H,67,79)(H,68,73)(H,80,81)(H4,57,58,59)/t36-,37-,38-,39-,40-,41-,42-,43-/m0/s1. The van der Waals surface area contributed by atoms with Gasteiger partial charge in [-0.2, -0.15) is 11.8 Å². The fourth-order valence-corrected chi connectivity index (χ4v) is 8.58. The van der Waals surface area contributed by atoms with E-state index in [4.69, 9.17) is 22.9 Å². The highest BCUT2D eigenvalue weighted by Crippen LogP contribution is 2.14. The maximum Gasteiger partial charge on any atom is 0.326 e. The summed E-state index contributed by atoms with van der Waals surface area (Å²) >= 11 is 1.38. The van der Waals surface area contributed by atoms with Crippen LogP contribution >= 0.6 is 11.8 Å². The molecule has 0 aliphatic carbocycles. The highest BCUT2D eigenvalue weighted by molar-refractivity contribution is 7.98. The first-order chi connectivity index (χ1) is 38.9. The molecule has 20 N–H and O–H groups in total. The monoisotopic (exact) mass is 1170 g/mol. The number of carbonyl (C=O) groups is 10. The molecule has 0 fully saturated rings. The van der Waals surface area contributed by atoms with E-state index in [1.54, 1.807) is 62.6 Å². The summed E-state index contributed by atoms with van der Waals surface area (Å²) in [7, 11) is 0. The number of nitrogens with two attached hydrogens (primary N) is 4. The van der Waals surface area contributed by atoms with Gasteiger partial charge in [-0.05, 0) is 111 Å². The number of aromatic hydroxyl groups is 1. The number of unbranched alkanes of at least 4 members (excludes halogenated alkanes) is 1. The van der Waals surface area contributed by atoms with Crippen molar-refractivity contribution in [1.82, 2.24) is 47.9 Å². The second kappa shape index (κ2) is 38.2. The van der Waals surface area contributed by atoms with Crippen molar-refractivity contribution in [2.24, 2.45) is 39.8 Å². The van der Waals surface area contributed by atoms with Crippen LogP contribution in [0.5, 0.6) is 5.75 Å². The van der Waals surface area contributed by atoms with E-state index in [1.807, 2.05) is 13.8 Å². The van der Waals surface area contributed by atoms with Crippen molar-refractivity contribution in [3.05, 3.63) is 65.7 Å². The quantitative estimate of drug-likeness (QED) is 0.0183. The average molecular weight is 1170 g/mol. The summed E-state index contributed by atoms with van der Waals surface area (Å²) in [5.74, 6) is -8.45. The van der Waals surface area contributed by atoms with Crippen LogP contribution in [0.4, 0.5) is 0 Å². The average Bonchev–Trinajstić information content (AvgIpc) is 3.47. The molecule has 0 saturated carbocycles. The number of carboxylic acids is 1. The molecule has 0 spiro atoms. The van der Waals surface area contributed by atoms with Crippen LogP contribution in [0.25, 0.3) is 0 Å². The number of benzene rings is 2. The number of amides is 9. The molecule has 0 radical (unpaired) electrons. The number of aliphatic carboxylic acids is 1. The lowest BCUT2D eigenvalue weighted by Crippen LogP contribution is -2.59. The molecule has 456 valence electrons. The molecule has 0 bridgehead atoms. The minimum absolute atomic E-state index is 0.00248. The summed E-state index contributed by atoms with van der Waals surface area (Å²) in [5.41, 5.74) is 23.7. The number of phenolic OH excluding ortho intramolecular Hbond substituents is 1. The molecule has 0 unspecified atom stereocenters. The largest absolute Gasteiger partial charge is 0.508 e. The Balaban J connectivity index is 2.22. The number of hydrogen-bond acceptors (Lipinski definition) is 16. The van der Waals surface area contributed by atoms with Gasteiger partial charge in [-0.1, -0.05) is 70.2 Å². The molecule has 8 atom stereocenters. The van der Waals surface area contributed by atoms with E-state index in [0.717, 1.165) is 0 Å². The normalized spacial score (nSPS) is 14.0. The highest BCUT2D eigenvalue weighted by atomic mass is 32.2. The molecule has 2 aromatic rings. The van der Waals surface area contributed by atoms with Crippen molar-refractivity contribution < 1.29 is 63.3 Å². The molecule has 0 aliphatic rings. The molecular weight excluding hydrogens is 1080 g/mol. The third-order valence-electron chi connectivity index (χ3n) is 12.4. The van der Waals surface area contributed by atoms with Gasteiger partial charge in [0.15, 0.2) is 5.96 Å². The second-order valence-corrected chi connectivity index (χ2v) is 21.4. The lowest BCUT2D eigenvalue weighted by atomic mass is 9.99. The van der Waals surface area contributed by atoms with Gasteiger partial charge in [0, 0.05) is 13.0 Å². The van der Waals surface area contributed by atoms with Crippen LogP contribution in [0, 0.1) is 11.8 Å². The van der Waals surface area contributed by atoms with E-state index in [-0.39, 0.29) is 88.0 Å². The van der Waals surface area contributed by atoms with Gasteiger partial charge in [-0.25, -0.2) is 4.79 Å². The molecule has 82 heavy (non-hydrogen) atoms. The third-order valence-corrected chi connectivity index (χ3v) is 13.1. The van der Waals surface area contributed by atoms with E-state index in [9.17, 15) is 63.3 Å². The number of phenols is 1. The zero-order valence-electron chi connectivity index (χ0n) is 47.4. The van der Waals surface area contributed by atoms with E-state index in [2.05, 4.69) is 52.8 Å². The molecule has 9 amide bonds. The first-order valence-corrected chi connectivity index (χ1v) is 28.6. The highest BCUT2D eigenvalue weighted by Gasteiger charge is 2.33. The molecule has 0 aliphatic heterocycles. The van der Waals surface area contributed by atoms with E-state index in [0.29, 0.717) is 29.7 Å². The zero-order valence-corrected chi connectivity index (χ0v) is 48.2. The molecule has 0 aromatic heterocycles. The fourth-order valence-electron chi connectivity index (χ4n) is 8.10. The van der Waals surface area contributed by atoms with Crippen LogP contribution in [0.1, 0.15) is 90.2 Å². The lowest BCUT2D eigenvalue weighted by Gasteiger charge is -2.27. The minimum atomic E-state index is -1.54. The SMILES string of the molecule is CSCC[C@H](NC(=O)CNC(=O)[C@H](CCCCN)NC(=O)[C@H](Cc1ccccc1)NC(=O)[C@H](CO)NC(=O)[C@@H](N)Cc1ccc(O)cc1)C(=O)N[C@@H](CC(C)C)C(=O)N[C@@H](CC(C)C)C(=O)NCC(=O)N[C@@H](CCCN=C(N)N)C(=O)O.